The number of anilines is 1. The van der Waals surface area contributed by atoms with Gasteiger partial charge in [0.25, 0.3) is 0 Å². The number of rotatable bonds is 4. The van der Waals surface area contributed by atoms with Gasteiger partial charge in [-0.2, -0.15) is 0 Å². The quantitative estimate of drug-likeness (QED) is 0.796. The molecule has 1 aromatic heterocycles. The third-order valence-corrected chi connectivity index (χ3v) is 4.13. The number of amidine groups is 1. The summed E-state index contributed by atoms with van der Waals surface area (Å²) in [5, 5.41) is 6.01. The van der Waals surface area contributed by atoms with Crippen LogP contribution in [0.2, 0.25) is 0 Å². The molecule has 1 unspecified atom stereocenters. The average molecular weight is 290 g/mol. The second-order valence-corrected chi connectivity index (χ2v) is 5.75. The molecule has 1 atom stereocenters. The minimum absolute atomic E-state index is 0.259. The van der Waals surface area contributed by atoms with Crippen LogP contribution < -0.4 is 5.32 Å². The van der Waals surface area contributed by atoms with E-state index in [2.05, 4.69) is 58.2 Å². The molecular weight excluding hydrogens is 272 g/mol. The molecule has 4 rings (SSSR count). The SMILES string of the molecule is CC(CCn1ccnc1)N=C1Nc2cccc3cccc1c23. The molecular formula is C18H18N4. The molecule has 4 nitrogen and oxygen atoms in total. The fourth-order valence-corrected chi connectivity index (χ4v) is 2.98. The molecule has 0 saturated heterocycles. The molecule has 1 aliphatic rings. The Hall–Kier alpha value is -2.62. The molecule has 0 spiro atoms. The molecule has 0 radical (unpaired) electrons. The topological polar surface area (TPSA) is 42.2 Å². The van der Waals surface area contributed by atoms with E-state index in [1.807, 2.05) is 18.7 Å². The summed E-state index contributed by atoms with van der Waals surface area (Å²) in [6, 6.07) is 13.0. The van der Waals surface area contributed by atoms with Crippen LogP contribution in [0.15, 0.2) is 60.1 Å². The van der Waals surface area contributed by atoms with Gasteiger partial charge in [0, 0.05) is 35.6 Å². The van der Waals surface area contributed by atoms with Crippen molar-refractivity contribution in [1.29, 1.82) is 0 Å². The van der Waals surface area contributed by atoms with Gasteiger partial charge in [-0.25, -0.2) is 4.98 Å². The van der Waals surface area contributed by atoms with Crippen LogP contribution in [0, 0.1) is 0 Å². The van der Waals surface area contributed by atoms with Gasteiger partial charge in [0.2, 0.25) is 0 Å². The van der Waals surface area contributed by atoms with Crippen molar-refractivity contribution in [1.82, 2.24) is 9.55 Å². The summed E-state index contributed by atoms with van der Waals surface area (Å²) in [5.74, 6) is 0.991. The zero-order chi connectivity index (χ0) is 14.9. The third kappa shape index (κ3) is 2.26. The van der Waals surface area contributed by atoms with E-state index in [9.17, 15) is 0 Å². The van der Waals surface area contributed by atoms with E-state index in [0.717, 1.165) is 24.5 Å². The monoisotopic (exact) mass is 290 g/mol. The van der Waals surface area contributed by atoms with Gasteiger partial charge in [-0.3, -0.25) is 4.99 Å². The fourth-order valence-electron chi connectivity index (χ4n) is 2.98. The Kier molecular flexibility index (Phi) is 3.15. The number of benzene rings is 2. The van der Waals surface area contributed by atoms with E-state index in [1.165, 1.54) is 16.3 Å². The van der Waals surface area contributed by atoms with Gasteiger partial charge in [0.15, 0.2) is 0 Å². The lowest BCUT2D eigenvalue weighted by Crippen LogP contribution is -2.13. The molecule has 1 N–H and O–H groups in total. The number of imidazole rings is 1. The molecule has 0 aliphatic carbocycles. The van der Waals surface area contributed by atoms with Crippen molar-refractivity contribution in [2.24, 2.45) is 4.99 Å². The van der Waals surface area contributed by atoms with Gasteiger partial charge in [0.1, 0.15) is 5.84 Å². The van der Waals surface area contributed by atoms with Crippen LogP contribution in [-0.2, 0) is 6.54 Å². The summed E-state index contributed by atoms with van der Waals surface area (Å²) in [6.45, 7) is 3.10. The summed E-state index contributed by atoms with van der Waals surface area (Å²) in [4.78, 5) is 8.96. The van der Waals surface area contributed by atoms with Crippen molar-refractivity contribution in [3.05, 3.63) is 60.7 Å². The van der Waals surface area contributed by atoms with Crippen LogP contribution in [0.1, 0.15) is 18.9 Å². The maximum absolute atomic E-state index is 4.89. The number of aryl methyl sites for hydroxylation is 1. The first kappa shape index (κ1) is 13.1. The number of aliphatic imine (C=N–C) groups is 1. The van der Waals surface area contributed by atoms with E-state index < -0.39 is 0 Å². The zero-order valence-electron chi connectivity index (χ0n) is 12.5. The van der Waals surface area contributed by atoms with E-state index in [0.29, 0.717) is 0 Å². The number of nitrogens with zero attached hydrogens (tertiary/aromatic N) is 3. The van der Waals surface area contributed by atoms with Crippen LogP contribution in [0.4, 0.5) is 5.69 Å². The molecule has 1 aliphatic heterocycles. The van der Waals surface area contributed by atoms with Gasteiger partial charge in [0.05, 0.1) is 12.4 Å². The number of hydrogen-bond donors (Lipinski definition) is 1. The fraction of sp³-hybridized carbons (Fsp3) is 0.222. The lowest BCUT2D eigenvalue weighted by Gasteiger charge is -2.09. The molecule has 2 aromatic carbocycles. The molecule has 0 bridgehead atoms. The lowest BCUT2D eigenvalue weighted by molar-refractivity contribution is 0.572. The first-order valence-corrected chi connectivity index (χ1v) is 7.64. The van der Waals surface area contributed by atoms with Gasteiger partial charge < -0.3 is 9.88 Å². The largest absolute Gasteiger partial charge is 0.339 e. The van der Waals surface area contributed by atoms with E-state index >= 15 is 0 Å². The first-order valence-electron chi connectivity index (χ1n) is 7.64. The van der Waals surface area contributed by atoms with Crippen LogP contribution in [0.25, 0.3) is 10.8 Å². The molecule has 3 aromatic rings. The molecule has 0 fully saturated rings. The Morgan fingerprint density at radius 2 is 2.09 bits per heavy atom. The maximum atomic E-state index is 4.89. The van der Waals surface area contributed by atoms with Crippen LogP contribution in [-0.4, -0.2) is 21.4 Å². The smallest absolute Gasteiger partial charge is 0.133 e. The van der Waals surface area contributed by atoms with Crippen molar-refractivity contribution in [2.45, 2.75) is 25.9 Å². The highest BCUT2D eigenvalue weighted by molar-refractivity contribution is 6.26. The summed E-state index contributed by atoms with van der Waals surface area (Å²) in [7, 11) is 0. The molecule has 0 amide bonds. The number of hydrogen-bond acceptors (Lipinski definition) is 2. The highest BCUT2D eigenvalue weighted by atomic mass is 15.0. The Labute approximate surface area is 129 Å². The molecule has 0 saturated carbocycles. The second kappa shape index (κ2) is 5.30. The van der Waals surface area contributed by atoms with Crippen LogP contribution in [0.5, 0.6) is 0 Å². The van der Waals surface area contributed by atoms with Crippen molar-refractivity contribution in [3.63, 3.8) is 0 Å². The van der Waals surface area contributed by atoms with E-state index in [-0.39, 0.29) is 6.04 Å². The van der Waals surface area contributed by atoms with Gasteiger partial charge in [-0.15, -0.1) is 0 Å². The minimum atomic E-state index is 0.259. The standard InChI is InChI=1S/C18H18N4/c1-13(8-10-22-11-9-19-12-22)20-18-15-6-2-4-14-5-3-7-16(21-18)17(14)15/h2-7,9,11-13H,8,10H2,1H3,(H,20,21). The lowest BCUT2D eigenvalue weighted by atomic mass is 10.1. The van der Waals surface area contributed by atoms with Gasteiger partial charge >= 0.3 is 0 Å². The van der Waals surface area contributed by atoms with Crippen molar-refractivity contribution in [3.8, 4) is 0 Å². The Balaban J connectivity index is 1.58. The zero-order valence-corrected chi connectivity index (χ0v) is 12.5. The predicted molar refractivity (Wildman–Crippen MR) is 90.4 cm³/mol. The molecule has 2 heterocycles. The Morgan fingerprint density at radius 1 is 1.23 bits per heavy atom. The van der Waals surface area contributed by atoms with Crippen LogP contribution in [0.3, 0.4) is 0 Å². The highest BCUT2D eigenvalue weighted by Crippen LogP contribution is 2.33. The van der Waals surface area contributed by atoms with Crippen LogP contribution >= 0.6 is 0 Å². The Bertz CT molecular complexity index is 828. The first-order chi connectivity index (χ1) is 10.8. The van der Waals surface area contributed by atoms with Gasteiger partial charge in [-0.05, 0) is 24.8 Å². The van der Waals surface area contributed by atoms with E-state index in [4.69, 9.17) is 4.99 Å². The molecule has 4 heteroatoms. The Morgan fingerprint density at radius 3 is 2.91 bits per heavy atom. The summed E-state index contributed by atoms with van der Waals surface area (Å²) >= 11 is 0. The normalized spacial score (nSPS) is 16.1. The third-order valence-electron chi connectivity index (χ3n) is 4.13. The molecule has 110 valence electrons. The minimum Gasteiger partial charge on any atom is -0.339 e. The second-order valence-electron chi connectivity index (χ2n) is 5.75. The van der Waals surface area contributed by atoms with E-state index in [1.54, 1.807) is 0 Å². The highest BCUT2D eigenvalue weighted by Gasteiger charge is 2.19. The maximum Gasteiger partial charge on any atom is 0.133 e. The van der Waals surface area contributed by atoms with Crippen molar-refractivity contribution >= 4 is 22.3 Å². The summed E-state index contributed by atoms with van der Waals surface area (Å²) < 4.78 is 2.09. The predicted octanol–water partition coefficient (Wildman–Crippen LogP) is 3.69. The van der Waals surface area contributed by atoms with Crippen molar-refractivity contribution in [2.75, 3.05) is 5.32 Å². The summed E-state index contributed by atoms with van der Waals surface area (Å²) in [5.41, 5.74) is 2.37. The molecule has 22 heavy (non-hydrogen) atoms. The number of nitrogens with one attached hydrogen (secondary N) is 1. The average Bonchev–Trinajstić information content (AvgIpc) is 3.16. The van der Waals surface area contributed by atoms with Crippen molar-refractivity contribution < 1.29 is 0 Å². The summed E-state index contributed by atoms with van der Waals surface area (Å²) in [6.07, 6.45) is 6.65. The van der Waals surface area contributed by atoms with Gasteiger partial charge in [-0.1, -0.05) is 30.3 Å². The number of aromatic nitrogens is 2.